The smallest absolute Gasteiger partial charge is 0.321 e. The van der Waals surface area contributed by atoms with E-state index in [9.17, 15) is 4.79 Å². The van der Waals surface area contributed by atoms with E-state index in [2.05, 4.69) is 16.9 Å². The van der Waals surface area contributed by atoms with Crippen molar-refractivity contribution in [2.24, 2.45) is 5.73 Å². The molecule has 1 aliphatic heterocycles. The van der Waals surface area contributed by atoms with Crippen LogP contribution in [0.5, 0.6) is 0 Å². The van der Waals surface area contributed by atoms with Crippen molar-refractivity contribution in [3.05, 3.63) is 60.2 Å². The molecule has 0 radical (unpaired) electrons. The zero-order chi connectivity index (χ0) is 15.9. The van der Waals surface area contributed by atoms with Crippen LogP contribution >= 0.6 is 0 Å². The molecule has 0 unspecified atom stereocenters. The molecule has 1 aromatic heterocycles. The minimum atomic E-state index is -0.133. The molecule has 0 bridgehead atoms. The summed E-state index contributed by atoms with van der Waals surface area (Å²) in [5.41, 5.74) is 8.89. The second-order valence-electron chi connectivity index (χ2n) is 5.32. The molecule has 0 aliphatic carbocycles. The third-order valence-corrected chi connectivity index (χ3v) is 3.63. The molecule has 22 heavy (non-hydrogen) atoms. The minimum absolute atomic E-state index is 0.133. The topological polar surface area (TPSA) is 71.2 Å². The zero-order valence-electron chi connectivity index (χ0n) is 12.9. The van der Waals surface area contributed by atoms with Gasteiger partial charge < -0.3 is 16.0 Å². The number of amides is 2. The monoisotopic (exact) mass is 298 g/mol. The summed E-state index contributed by atoms with van der Waals surface area (Å²) in [6.07, 6.45) is 9.27. The highest BCUT2D eigenvalue weighted by molar-refractivity contribution is 5.77. The number of hydrogen-bond acceptors (Lipinski definition) is 3. The normalized spacial score (nSPS) is 15.8. The first kappa shape index (κ1) is 15.8. The number of hydrogen-bond donors (Lipinski definition) is 2. The number of nitrogens with two attached hydrogens (primary N) is 1. The lowest BCUT2D eigenvalue weighted by molar-refractivity contribution is 0.212. The van der Waals surface area contributed by atoms with Crippen LogP contribution in [0.2, 0.25) is 0 Å². The third-order valence-electron chi connectivity index (χ3n) is 3.63. The first-order chi connectivity index (χ1) is 10.6. The SMILES string of the molecule is C=C(NC(=O)N1CCCC1)/C(N)=C\C=C(/C)c1cccnc1. The largest absolute Gasteiger partial charge is 0.397 e. The summed E-state index contributed by atoms with van der Waals surface area (Å²) in [6, 6.07) is 3.73. The lowest BCUT2D eigenvalue weighted by Crippen LogP contribution is -2.38. The van der Waals surface area contributed by atoms with Gasteiger partial charge in [0.2, 0.25) is 0 Å². The minimum Gasteiger partial charge on any atom is -0.397 e. The van der Waals surface area contributed by atoms with E-state index < -0.39 is 0 Å². The van der Waals surface area contributed by atoms with Crippen LogP contribution in [0.25, 0.3) is 5.57 Å². The van der Waals surface area contributed by atoms with Gasteiger partial charge in [-0.15, -0.1) is 0 Å². The highest BCUT2D eigenvalue weighted by Crippen LogP contribution is 2.13. The first-order valence-corrected chi connectivity index (χ1v) is 7.37. The van der Waals surface area contributed by atoms with Crippen molar-refractivity contribution in [2.75, 3.05) is 13.1 Å². The second-order valence-corrected chi connectivity index (χ2v) is 5.32. The van der Waals surface area contributed by atoms with Crippen molar-refractivity contribution in [1.29, 1.82) is 0 Å². The lowest BCUT2D eigenvalue weighted by atomic mass is 10.1. The Balaban J connectivity index is 1.96. The van der Waals surface area contributed by atoms with Gasteiger partial charge in [0, 0.05) is 25.5 Å². The molecule has 5 nitrogen and oxygen atoms in total. The van der Waals surface area contributed by atoms with E-state index in [1.165, 1.54) is 0 Å². The van der Waals surface area contributed by atoms with Crippen molar-refractivity contribution in [3.63, 3.8) is 0 Å². The Kier molecular flexibility index (Phi) is 5.36. The fourth-order valence-corrected chi connectivity index (χ4v) is 2.21. The van der Waals surface area contributed by atoms with Gasteiger partial charge in [-0.3, -0.25) is 4.98 Å². The van der Waals surface area contributed by atoms with Crippen molar-refractivity contribution in [2.45, 2.75) is 19.8 Å². The van der Waals surface area contributed by atoms with Gasteiger partial charge in [0.1, 0.15) is 0 Å². The summed E-state index contributed by atoms with van der Waals surface area (Å²) in [7, 11) is 0. The van der Waals surface area contributed by atoms with Crippen LogP contribution in [0.1, 0.15) is 25.3 Å². The van der Waals surface area contributed by atoms with E-state index in [-0.39, 0.29) is 6.03 Å². The van der Waals surface area contributed by atoms with Crippen LogP contribution < -0.4 is 11.1 Å². The number of carbonyl (C=O) groups excluding carboxylic acids is 1. The van der Waals surface area contributed by atoms with Crippen molar-refractivity contribution >= 4 is 11.6 Å². The molecule has 5 heteroatoms. The Morgan fingerprint density at radius 3 is 2.77 bits per heavy atom. The number of nitrogens with zero attached hydrogens (tertiary/aromatic N) is 2. The van der Waals surface area contributed by atoms with E-state index in [4.69, 9.17) is 5.73 Å². The van der Waals surface area contributed by atoms with Gasteiger partial charge in [0.05, 0.1) is 11.4 Å². The molecule has 3 N–H and O–H groups in total. The Morgan fingerprint density at radius 2 is 2.14 bits per heavy atom. The third kappa shape index (κ3) is 4.22. The summed E-state index contributed by atoms with van der Waals surface area (Å²) in [6.45, 7) is 7.39. The fourth-order valence-electron chi connectivity index (χ4n) is 2.21. The number of nitrogens with one attached hydrogen (secondary N) is 1. The quantitative estimate of drug-likeness (QED) is 0.839. The number of pyridine rings is 1. The molecule has 1 aliphatic rings. The van der Waals surface area contributed by atoms with E-state index in [1.54, 1.807) is 23.4 Å². The van der Waals surface area contributed by atoms with E-state index in [1.807, 2.05) is 25.1 Å². The molecule has 0 saturated carbocycles. The van der Waals surface area contributed by atoms with Crippen LogP contribution in [0.4, 0.5) is 4.79 Å². The summed E-state index contributed by atoms with van der Waals surface area (Å²) in [4.78, 5) is 17.8. The molecule has 1 saturated heterocycles. The van der Waals surface area contributed by atoms with Crippen molar-refractivity contribution < 1.29 is 4.79 Å². The molecule has 2 rings (SSSR count). The Bertz CT molecular complexity index is 598. The number of aromatic nitrogens is 1. The average Bonchev–Trinajstić information content (AvgIpc) is 3.07. The maximum atomic E-state index is 12.0. The van der Waals surface area contributed by atoms with Gasteiger partial charge >= 0.3 is 6.03 Å². The van der Waals surface area contributed by atoms with Crippen LogP contribution in [0.3, 0.4) is 0 Å². The molecular weight excluding hydrogens is 276 g/mol. The highest BCUT2D eigenvalue weighted by Gasteiger charge is 2.18. The molecule has 0 spiro atoms. The van der Waals surface area contributed by atoms with Crippen molar-refractivity contribution in [3.8, 4) is 0 Å². The standard InChI is InChI=1S/C17H22N4O/c1-13(15-6-5-9-19-12-15)7-8-16(18)14(2)20-17(22)21-10-3-4-11-21/h5-9,12H,2-4,10-11,18H2,1H3,(H,20,22)/b13-7+,16-8+. The summed E-state index contributed by atoms with van der Waals surface area (Å²) < 4.78 is 0. The zero-order valence-corrected chi connectivity index (χ0v) is 12.9. The van der Waals surface area contributed by atoms with Gasteiger partial charge in [0.15, 0.2) is 0 Å². The average molecular weight is 298 g/mol. The van der Waals surface area contributed by atoms with Gasteiger partial charge in [0.25, 0.3) is 0 Å². The Labute approximate surface area is 131 Å². The van der Waals surface area contributed by atoms with E-state index in [0.29, 0.717) is 11.4 Å². The molecule has 0 atom stereocenters. The number of carbonyl (C=O) groups is 1. The highest BCUT2D eigenvalue weighted by atomic mass is 16.2. The van der Waals surface area contributed by atoms with E-state index in [0.717, 1.165) is 37.1 Å². The predicted molar refractivity (Wildman–Crippen MR) is 88.6 cm³/mol. The Morgan fingerprint density at radius 1 is 1.41 bits per heavy atom. The maximum absolute atomic E-state index is 12.0. The molecule has 2 heterocycles. The van der Waals surface area contributed by atoms with Crippen LogP contribution in [-0.4, -0.2) is 29.0 Å². The number of rotatable bonds is 4. The van der Waals surface area contributed by atoms with Crippen LogP contribution in [0.15, 0.2) is 54.7 Å². The lowest BCUT2D eigenvalue weighted by Gasteiger charge is -2.17. The predicted octanol–water partition coefficient (Wildman–Crippen LogP) is 2.65. The first-order valence-electron chi connectivity index (χ1n) is 7.37. The summed E-state index contributed by atoms with van der Waals surface area (Å²) in [5, 5.41) is 2.74. The fraction of sp³-hybridized carbons (Fsp3) is 0.294. The van der Waals surface area contributed by atoms with Crippen molar-refractivity contribution in [1.82, 2.24) is 15.2 Å². The van der Waals surface area contributed by atoms with E-state index >= 15 is 0 Å². The second kappa shape index (κ2) is 7.45. The van der Waals surface area contributed by atoms with Crippen LogP contribution in [-0.2, 0) is 0 Å². The molecule has 2 amide bonds. The molecule has 0 aromatic carbocycles. The van der Waals surface area contributed by atoms with Gasteiger partial charge in [-0.2, -0.15) is 0 Å². The molecular formula is C17H22N4O. The maximum Gasteiger partial charge on any atom is 0.321 e. The molecule has 1 fully saturated rings. The van der Waals surface area contributed by atoms with Gasteiger partial charge in [-0.25, -0.2) is 4.79 Å². The number of allylic oxidation sites excluding steroid dienone is 3. The summed E-state index contributed by atoms with van der Waals surface area (Å²) >= 11 is 0. The van der Waals surface area contributed by atoms with Gasteiger partial charge in [-0.05, 0) is 43.0 Å². The van der Waals surface area contributed by atoms with Crippen LogP contribution in [0, 0.1) is 0 Å². The summed E-state index contributed by atoms with van der Waals surface area (Å²) in [5.74, 6) is 0. The molecule has 1 aromatic rings. The number of likely N-dealkylation sites (tertiary alicyclic amines) is 1. The van der Waals surface area contributed by atoms with Gasteiger partial charge in [-0.1, -0.05) is 18.7 Å². The Hall–Kier alpha value is -2.56. The molecule has 116 valence electrons. The number of urea groups is 1.